The van der Waals surface area contributed by atoms with Crippen LogP contribution in [0.5, 0.6) is 0 Å². The first-order valence-electron chi connectivity index (χ1n) is 10.3. The maximum Gasteiger partial charge on any atom is 0.466 e. The number of phosphoric acid groups is 1. The maximum absolute atomic E-state index is 13.3. The fourth-order valence-corrected chi connectivity index (χ4v) is 3.98. The molecule has 0 saturated carbocycles. The van der Waals surface area contributed by atoms with Crippen LogP contribution in [0.15, 0.2) is 24.4 Å². The Kier molecular flexibility index (Phi) is 7.06. The minimum Gasteiger partial charge on any atom is -0.374 e. The van der Waals surface area contributed by atoms with E-state index in [1.807, 2.05) is 6.07 Å². The second-order valence-corrected chi connectivity index (χ2v) is 9.40. The summed E-state index contributed by atoms with van der Waals surface area (Å²) in [4.78, 5) is 40.2. The highest BCUT2D eigenvalue weighted by atomic mass is 31.2. The number of aliphatic hydroxyl groups is 1. The van der Waals surface area contributed by atoms with Crippen molar-refractivity contribution in [3.05, 3.63) is 47.2 Å². The van der Waals surface area contributed by atoms with E-state index in [0.717, 1.165) is 0 Å². The molecule has 2 unspecified atom stereocenters. The summed E-state index contributed by atoms with van der Waals surface area (Å²) >= 11 is 0. The number of halogens is 3. The summed E-state index contributed by atoms with van der Waals surface area (Å²) in [6, 6.07) is 6.33. The van der Waals surface area contributed by atoms with Crippen molar-refractivity contribution in [1.82, 2.24) is 24.2 Å². The van der Waals surface area contributed by atoms with Crippen LogP contribution in [0.3, 0.4) is 0 Å². The second-order valence-electron chi connectivity index (χ2n) is 8.38. The monoisotopic (exact) mass is 530 g/mol. The maximum atomic E-state index is 13.3. The van der Waals surface area contributed by atoms with Gasteiger partial charge in [0.25, 0.3) is 5.91 Å². The number of hydrogen-bond donors (Lipinski definition) is 4. The van der Waals surface area contributed by atoms with E-state index in [-0.39, 0.29) is 19.0 Å². The molecule has 194 valence electrons. The summed E-state index contributed by atoms with van der Waals surface area (Å²) in [5, 5.41) is 24.0. The zero-order valence-corrected chi connectivity index (χ0v) is 20.1. The minimum atomic E-state index is -4.89. The molecule has 36 heavy (non-hydrogen) atoms. The number of carbonyl (C=O) groups excluding carboxylic acids is 1. The van der Waals surface area contributed by atoms with Crippen molar-refractivity contribution in [2.75, 3.05) is 6.54 Å². The van der Waals surface area contributed by atoms with Crippen LogP contribution >= 0.6 is 7.82 Å². The lowest BCUT2D eigenvalue weighted by Gasteiger charge is -2.36. The van der Waals surface area contributed by atoms with Crippen molar-refractivity contribution in [3.63, 3.8) is 0 Å². The van der Waals surface area contributed by atoms with E-state index in [9.17, 15) is 23.1 Å². The van der Waals surface area contributed by atoms with Crippen LogP contribution in [-0.4, -0.2) is 62.6 Å². The van der Waals surface area contributed by atoms with Gasteiger partial charge in [0.1, 0.15) is 5.69 Å². The molecule has 0 saturated heterocycles. The number of carbonyl (C=O) groups is 1. The number of fused-ring (bicyclic) bond motifs is 2. The van der Waals surface area contributed by atoms with Gasteiger partial charge in [-0.15, -0.1) is 0 Å². The molecule has 2 atom stereocenters. The van der Waals surface area contributed by atoms with Crippen molar-refractivity contribution < 1.29 is 42.3 Å². The summed E-state index contributed by atoms with van der Waals surface area (Å²) in [7, 11) is -3.02. The highest BCUT2D eigenvalue weighted by Gasteiger charge is 2.55. The topological polar surface area (TPSA) is 178 Å². The lowest BCUT2D eigenvalue weighted by Crippen LogP contribution is -2.46. The number of nitriles is 1. The van der Waals surface area contributed by atoms with Crippen LogP contribution < -0.4 is 0 Å². The van der Waals surface area contributed by atoms with E-state index in [1.54, 1.807) is 32.2 Å². The molecule has 16 heteroatoms. The molecule has 4 N–H and O–H groups in total. The van der Waals surface area contributed by atoms with E-state index < -0.39 is 31.5 Å². The summed E-state index contributed by atoms with van der Waals surface area (Å²) in [6.45, 7) is 2.50. The Morgan fingerprint density at radius 1 is 1.28 bits per heavy atom. The number of nitrogens with zero attached hydrogens (tertiary/aromatic N) is 6. The molecule has 3 aromatic rings. The van der Waals surface area contributed by atoms with Crippen LogP contribution in [0.1, 0.15) is 47.5 Å². The predicted octanol–water partition coefficient (Wildman–Crippen LogP) is 1.70. The number of benzene rings is 1. The first-order chi connectivity index (χ1) is 16.5. The summed E-state index contributed by atoms with van der Waals surface area (Å²) in [5.41, 5.74) is -1.47. The zero-order valence-electron chi connectivity index (χ0n) is 19.2. The van der Waals surface area contributed by atoms with Gasteiger partial charge in [0.15, 0.2) is 5.82 Å². The predicted molar refractivity (Wildman–Crippen MR) is 117 cm³/mol. The lowest BCUT2D eigenvalue weighted by molar-refractivity contribution is -0.263. The second kappa shape index (κ2) is 9.30. The molecule has 0 spiro atoms. The lowest BCUT2D eigenvalue weighted by atomic mass is 10.0. The van der Waals surface area contributed by atoms with Gasteiger partial charge in [-0.25, -0.2) is 9.55 Å². The molecule has 0 bridgehead atoms. The summed E-state index contributed by atoms with van der Waals surface area (Å²) < 4.78 is 51.7. The smallest absolute Gasteiger partial charge is 0.374 e. The molecule has 1 aliphatic rings. The number of rotatable bonds is 2. The van der Waals surface area contributed by atoms with Crippen LogP contribution in [-0.2, 0) is 23.8 Å². The van der Waals surface area contributed by atoms with Crippen molar-refractivity contribution >= 4 is 24.6 Å². The molecule has 0 aliphatic carbocycles. The zero-order chi connectivity index (χ0) is 27.2. The fraction of sp³-hybridized carbons (Fsp3) is 0.400. The van der Waals surface area contributed by atoms with Crippen LogP contribution in [0.2, 0.25) is 0 Å². The van der Waals surface area contributed by atoms with Gasteiger partial charge in [-0.2, -0.15) is 23.5 Å². The highest BCUT2D eigenvalue weighted by Crippen LogP contribution is 2.40. The number of amides is 1. The number of hydrogen-bond acceptors (Lipinski definition) is 6. The van der Waals surface area contributed by atoms with E-state index in [2.05, 4.69) is 10.1 Å². The Balaban J connectivity index is 0.000000658. The molecule has 1 aliphatic heterocycles. The molecule has 3 heterocycles. The Morgan fingerprint density at radius 3 is 2.44 bits per heavy atom. The molecular weight excluding hydrogens is 508 g/mol. The number of imidazole rings is 1. The Bertz CT molecular complexity index is 1400. The fourth-order valence-electron chi connectivity index (χ4n) is 3.98. The average molecular weight is 530 g/mol. The van der Waals surface area contributed by atoms with Crippen molar-refractivity contribution in [2.24, 2.45) is 7.05 Å². The number of aryl methyl sites for hydroxylation is 1. The molecule has 12 nitrogen and oxygen atoms in total. The van der Waals surface area contributed by atoms with Gasteiger partial charge in [-0.1, -0.05) is 0 Å². The first kappa shape index (κ1) is 27.3. The van der Waals surface area contributed by atoms with Gasteiger partial charge in [0.05, 0.1) is 41.6 Å². The van der Waals surface area contributed by atoms with E-state index in [1.165, 1.54) is 20.3 Å². The molecule has 0 radical (unpaired) electrons. The molecule has 4 rings (SSSR count). The molecular formula is C20H22F3N6O6P. The van der Waals surface area contributed by atoms with E-state index in [4.69, 9.17) is 24.5 Å². The molecule has 2 aromatic heterocycles. The van der Waals surface area contributed by atoms with Gasteiger partial charge in [0.2, 0.25) is 5.60 Å². The summed E-state index contributed by atoms with van der Waals surface area (Å²) in [6.07, 6.45) is -3.64. The van der Waals surface area contributed by atoms with Gasteiger partial charge < -0.3 is 29.3 Å². The third-order valence-corrected chi connectivity index (χ3v) is 5.59. The molecule has 0 fully saturated rings. The SMILES string of the molecule is CC1CN(C(=O)c2c3ccc(C#N)cc3nn2C)Cc2cnc(C(C)(O)C(F)(F)F)n21.O=P(O)(O)O. The van der Waals surface area contributed by atoms with E-state index >= 15 is 0 Å². The van der Waals surface area contributed by atoms with E-state index in [0.29, 0.717) is 34.8 Å². The standard InChI is InChI=1S/C20H19F3N6O2.H3O4P/c1-11-9-28(10-13-8-25-18(29(11)13)19(2,31)20(21,22)23)17(30)16-14-5-4-12(7-24)6-15(14)26-27(16)3;1-5(2,3)4/h4-6,8,11,31H,9-10H2,1-3H3;(H3,1,2,3,4). The van der Waals surface area contributed by atoms with Crippen molar-refractivity contribution in [2.45, 2.75) is 38.2 Å². The quantitative estimate of drug-likeness (QED) is 0.359. The van der Waals surface area contributed by atoms with Crippen molar-refractivity contribution in [1.29, 1.82) is 5.26 Å². The van der Waals surface area contributed by atoms with Gasteiger partial charge in [0, 0.05) is 19.0 Å². The van der Waals surface area contributed by atoms with Gasteiger partial charge in [-0.05, 0) is 32.0 Å². The number of alkyl halides is 3. The minimum absolute atomic E-state index is 0.0348. The first-order valence-corrected chi connectivity index (χ1v) is 11.8. The van der Waals surface area contributed by atoms with Crippen LogP contribution in [0.25, 0.3) is 10.9 Å². The van der Waals surface area contributed by atoms with Gasteiger partial charge >= 0.3 is 14.0 Å². The highest BCUT2D eigenvalue weighted by molar-refractivity contribution is 7.45. The molecule has 1 aromatic carbocycles. The Labute approximate surface area is 202 Å². The van der Waals surface area contributed by atoms with Crippen LogP contribution in [0.4, 0.5) is 13.2 Å². The van der Waals surface area contributed by atoms with Gasteiger partial charge in [-0.3, -0.25) is 9.48 Å². The Morgan fingerprint density at radius 2 is 1.89 bits per heavy atom. The normalized spacial score (nSPS) is 17.6. The van der Waals surface area contributed by atoms with Crippen LogP contribution in [0, 0.1) is 11.3 Å². The third kappa shape index (κ3) is 5.28. The number of aromatic nitrogens is 4. The largest absolute Gasteiger partial charge is 0.466 e. The average Bonchev–Trinajstić information content (AvgIpc) is 3.31. The summed E-state index contributed by atoms with van der Waals surface area (Å²) in [5.74, 6) is -0.831. The Hall–Kier alpha value is -3.28. The molecule has 1 amide bonds. The third-order valence-electron chi connectivity index (χ3n) is 5.59. The van der Waals surface area contributed by atoms with Crippen molar-refractivity contribution in [3.8, 4) is 6.07 Å².